The van der Waals surface area contributed by atoms with Gasteiger partial charge in [0.05, 0.1) is 28.8 Å². The number of ether oxygens (including phenoxy) is 2. The first-order chi connectivity index (χ1) is 14.0. The van der Waals surface area contributed by atoms with Gasteiger partial charge in [-0.1, -0.05) is 0 Å². The van der Waals surface area contributed by atoms with Crippen LogP contribution in [0.15, 0.2) is 35.2 Å². The summed E-state index contributed by atoms with van der Waals surface area (Å²) in [6.45, 7) is 9.86. The van der Waals surface area contributed by atoms with Gasteiger partial charge in [0.25, 0.3) is 10.0 Å². The van der Waals surface area contributed by atoms with Crippen molar-refractivity contribution in [3.8, 4) is 11.5 Å². The fraction of sp³-hybridized carbons (Fsp3) is 0.409. The molecule has 1 heterocycles. The molecule has 1 aliphatic rings. The first-order valence-corrected chi connectivity index (χ1v) is 11.3. The van der Waals surface area contributed by atoms with Crippen molar-refractivity contribution in [1.29, 1.82) is 0 Å². The van der Waals surface area contributed by atoms with E-state index in [0.29, 0.717) is 29.4 Å². The van der Waals surface area contributed by atoms with Crippen LogP contribution in [0.5, 0.6) is 11.5 Å². The zero-order chi connectivity index (χ0) is 22.3. The quantitative estimate of drug-likeness (QED) is 0.775. The number of carbonyl (C=O) groups is 1. The number of hydrogen-bond acceptors (Lipinski definition) is 5. The molecule has 0 aromatic heterocycles. The number of methoxy groups -OCH3 is 1. The Morgan fingerprint density at radius 1 is 1.17 bits per heavy atom. The number of sulfonamides is 1. The van der Waals surface area contributed by atoms with Gasteiger partial charge >= 0.3 is 0 Å². The van der Waals surface area contributed by atoms with Gasteiger partial charge in [0.15, 0.2) is 0 Å². The Kier molecular flexibility index (Phi) is 5.73. The van der Waals surface area contributed by atoms with Crippen LogP contribution in [0.25, 0.3) is 0 Å². The molecule has 2 aromatic carbocycles. The summed E-state index contributed by atoms with van der Waals surface area (Å²) in [7, 11) is -2.27. The molecule has 0 unspecified atom stereocenters. The maximum Gasteiger partial charge on any atom is 0.261 e. The molecule has 0 fully saturated rings. The molecule has 1 aliphatic heterocycles. The largest absolute Gasteiger partial charge is 0.496 e. The van der Waals surface area contributed by atoms with E-state index in [1.54, 1.807) is 56.2 Å². The molecule has 2 aromatic rings. The van der Waals surface area contributed by atoms with E-state index in [4.69, 9.17) is 9.47 Å². The number of nitrogens with zero attached hydrogens (tertiary/aromatic N) is 1. The fourth-order valence-electron chi connectivity index (χ4n) is 3.62. The third-order valence-corrected chi connectivity index (χ3v) is 6.54. The Hall–Kier alpha value is -2.74. The highest BCUT2D eigenvalue weighted by Crippen LogP contribution is 2.38. The highest BCUT2D eigenvalue weighted by molar-refractivity contribution is 7.92. The van der Waals surface area contributed by atoms with Crippen LogP contribution in [0.3, 0.4) is 0 Å². The van der Waals surface area contributed by atoms with Gasteiger partial charge in [-0.25, -0.2) is 8.42 Å². The molecule has 0 saturated heterocycles. The first-order valence-electron chi connectivity index (χ1n) is 9.77. The van der Waals surface area contributed by atoms with Crippen LogP contribution in [-0.2, 0) is 14.8 Å². The van der Waals surface area contributed by atoms with E-state index < -0.39 is 15.4 Å². The average molecular weight is 433 g/mol. The minimum absolute atomic E-state index is 0.0647. The smallest absolute Gasteiger partial charge is 0.261 e. The number of anilines is 2. The molecule has 0 aliphatic carbocycles. The molecule has 0 bridgehead atoms. The fourth-order valence-corrected chi connectivity index (χ4v) is 4.84. The van der Waals surface area contributed by atoms with E-state index in [2.05, 4.69) is 4.72 Å². The van der Waals surface area contributed by atoms with Crippen LogP contribution in [-0.4, -0.2) is 34.6 Å². The monoisotopic (exact) mass is 432 g/mol. The molecule has 3 rings (SSSR count). The normalized spacial score (nSPS) is 15.8. The summed E-state index contributed by atoms with van der Waals surface area (Å²) in [5, 5.41) is 0. The summed E-state index contributed by atoms with van der Waals surface area (Å²) in [5.74, 6) is 1.15. The molecule has 30 heavy (non-hydrogen) atoms. The predicted octanol–water partition coefficient (Wildman–Crippen LogP) is 3.88. The highest BCUT2D eigenvalue weighted by atomic mass is 32.2. The van der Waals surface area contributed by atoms with Gasteiger partial charge in [-0.3, -0.25) is 9.52 Å². The lowest BCUT2D eigenvalue weighted by Gasteiger charge is -2.27. The van der Waals surface area contributed by atoms with Crippen LogP contribution in [0.4, 0.5) is 11.4 Å². The standard InChI is InChI=1S/C22H28N2O5S/c1-7-24-18-12-16(8-9-19(18)29-13-22(4,5)21(24)25)23-30(26,27)17-10-14(2)20(28-6)15(3)11-17/h8-12,23H,7,13H2,1-6H3. The summed E-state index contributed by atoms with van der Waals surface area (Å²) in [6, 6.07) is 8.11. The number of fused-ring (bicyclic) bond motifs is 1. The van der Waals surface area contributed by atoms with E-state index >= 15 is 0 Å². The number of benzene rings is 2. The molecule has 8 heteroatoms. The molecule has 162 valence electrons. The Balaban J connectivity index is 1.98. The van der Waals surface area contributed by atoms with E-state index in [0.717, 1.165) is 11.1 Å². The van der Waals surface area contributed by atoms with Crippen molar-refractivity contribution < 1.29 is 22.7 Å². The highest BCUT2D eigenvalue weighted by Gasteiger charge is 2.37. The van der Waals surface area contributed by atoms with Crippen molar-refractivity contribution in [3.63, 3.8) is 0 Å². The van der Waals surface area contributed by atoms with Gasteiger partial charge in [-0.15, -0.1) is 0 Å². The molecule has 0 atom stereocenters. The Labute approximate surface area is 178 Å². The Morgan fingerprint density at radius 3 is 2.37 bits per heavy atom. The van der Waals surface area contributed by atoms with Gasteiger partial charge < -0.3 is 14.4 Å². The van der Waals surface area contributed by atoms with Crippen LogP contribution in [0.1, 0.15) is 31.9 Å². The first kappa shape index (κ1) is 22.0. The molecule has 7 nitrogen and oxygen atoms in total. The summed E-state index contributed by atoms with van der Waals surface area (Å²) in [6.07, 6.45) is 0. The zero-order valence-electron chi connectivity index (χ0n) is 18.2. The van der Waals surface area contributed by atoms with Crippen molar-refractivity contribution in [2.75, 3.05) is 29.9 Å². The zero-order valence-corrected chi connectivity index (χ0v) is 19.0. The lowest BCUT2D eigenvalue weighted by Crippen LogP contribution is -2.42. The number of rotatable bonds is 5. The topological polar surface area (TPSA) is 84.9 Å². The van der Waals surface area contributed by atoms with Crippen molar-refractivity contribution in [2.24, 2.45) is 5.41 Å². The summed E-state index contributed by atoms with van der Waals surface area (Å²) < 4.78 is 39.8. The van der Waals surface area contributed by atoms with E-state index in [-0.39, 0.29) is 17.4 Å². The number of aryl methyl sites for hydroxylation is 2. The van der Waals surface area contributed by atoms with Crippen LogP contribution < -0.4 is 19.1 Å². The van der Waals surface area contributed by atoms with Gasteiger partial charge in [0.1, 0.15) is 18.1 Å². The molecule has 1 amide bonds. The second kappa shape index (κ2) is 7.83. The number of carbonyl (C=O) groups excluding carboxylic acids is 1. The van der Waals surface area contributed by atoms with E-state index in [9.17, 15) is 13.2 Å². The molecule has 0 spiro atoms. The van der Waals surface area contributed by atoms with Crippen molar-refractivity contribution in [2.45, 2.75) is 39.5 Å². The molecule has 0 saturated carbocycles. The van der Waals surface area contributed by atoms with Crippen LogP contribution in [0.2, 0.25) is 0 Å². The van der Waals surface area contributed by atoms with Gasteiger partial charge in [-0.2, -0.15) is 0 Å². The van der Waals surface area contributed by atoms with Gasteiger partial charge in [0.2, 0.25) is 5.91 Å². The molecular weight excluding hydrogens is 404 g/mol. The number of nitrogens with one attached hydrogen (secondary N) is 1. The Bertz CT molecular complexity index is 1070. The third kappa shape index (κ3) is 3.96. The third-order valence-electron chi connectivity index (χ3n) is 5.18. The van der Waals surface area contributed by atoms with E-state index in [1.807, 2.05) is 20.8 Å². The van der Waals surface area contributed by atoms with Crippen molar-refractivity contribution in [3.05, 3.63) is 41.5 Å². The summed E-state index contributed by atoms with van der Waals surface area (Å²) >= 11 is 0. The number of hydrogen-bond donors (Lipinski definition) is 1. The number of amides is 1. The second-order valence-corrected chi connectivity index (χ2v) is 9.78. The van der Waals surface area contributed by atoms with E-state index in [1.165, 1.54) is 0 Å². The molecule has 0 radical (unpaired) electrons. The van der Waals surface area contributed by atoms with Crippen LogP contribution in [0, 0.1) is 19.3 Å². The SMILES string of the molecule is CCN1C(=O)C(C)(C)COc2ccc(NS(=O)(=O)c3cc(C)c(OC)c(C)c3)cc21. The summed E-state index contributed by atoms with van der Waals surface area (Å²) in [4.78, 5) is 14.7. The van der Waals surface area contributed by atoms with Gasteiger partial charge in [0, 0.05) is 6.54 Å². The Morgan fingerprint density at radius 2 is 1.80 bits per heavy atom. The maximum atomic E-state index is 13.0. The van der Waals surface area contributed by atoms with Crippen LogP contribution >= 0.6 is 0 Å². The second-order valence-electron chi connectivity index (χ2n) is 8.10. The van der Waals surface area contributed by atoms with Gasteiger partial charge in [-0.05, 0) is 76.1 Å². The average Bonchev–Trinajstić information content (AvgIpc) is 2.75. The summed E-state index contributed by atoms with van der Waals surface area (Å²) in [5.41, 5.74) is 1.70. The maximum absolute atomic E-state index is 13.0. The lowest BCUT2D eigenvalue weighted by molar-refractivity contribution is -0.127. The van der Waals surface area contributed by atoms with Crippen molar-refractivity contribution in [1.82, 2.24) is 0 Å². The minimum atomic E-state index is -3.83. The molecule has 1 N–H and O–H groups in total. The minimum Gasteiger partial charge on any atom is -0.496 e. The predicted molar refractivity (Wildman–Crippen MR) is 117 cm³/mol. The lowest BCUT2D eigenvalue weighted by atomic mass is 9.93. The molecular formula is C22H28N2O5S. The van der Waals surface area contributed by atoms with Crippen molar-refractivity contribution >= 4 is 27.3 Å².